The Morgan fingerprint density at radius 2 is 1.74 bits per heavy atom. The number of nitrogens with zero attached hydrogens (tertiary/aromatic N) is 1. The van der Waals surface area contributed by atoms with E-state index in [4.69, 9.17) is 46.4 Å². The van der Waals surface area contributed by atoms with Gasteiger partial charge in [-0.1, -0.05) is 77.8 Å². The summed E-state index contributed by atoms with van der Waals surface area (Å²) in [5.41, 5.74) is 1.72. The van der Waals surface area contributed by atoms with Gasteiger partial charge in [-0.3, -0.25) is 9.59 Å². The molecule has 1 saturated carbocycles. The van der Waals surface area contributed by atoms with Gasteiger partial charge in [0, 0.05) is 28.4 Å². The number of carbonyl (C=O) groups is 2. The SMILES string of the molecule is C[C@H](C(=O)NC1CCCCC1)N(Cc1ccc(Cl)c(Cl)c1)C(=O)CSCc1ccc(Cl)cc1Cl. The Kier molecular flexibility index (Phi) is 10.7. The van der Waals surface area contributed by atoms with E-state index < -0.39 is 6.04 Å². The molecule has 2 aromatic carbocycles. The van der Waals surface area contributed by atoms with Gasteiger partial charge in [-0.2, -0.15) is 0 Å². The molecule has 0 spiro atoms. The standard InChI is InChI=1S/C25H28Cl4N2O2S/c1-16(25(33)30-20-5-3-2-4-6-20)31(13-17-7-10-21(27)23(29)11-17)24(32)15-34-14-18-8-9-19(26)12-22(18)28/h7-12,16,20H,2-6,13-15H2,1H3,(H,30,33)/t16-/m1/s1. The highest BCUT2D eigenvalue weighted by Crippen LogP contribution is 2.26. The molecule has 2 amide bonds. The summed E-state index contributed by atoms with van der Waals surface area (Å²) in [5.74, 6) is 0.505. The Morgan fingerprint density at radius 3 is 2.41 bits per heavy atom. The van der Waals surface area contributed by atoms with Gasteiger partial charge in [0.05, 0.1) is 15.8 Å². The van der Waals surface area contributed by atoms with E-state index in [9.17, 15) is 9.59 Å². The van der Waals surface area contributed by atoms with E-state index >= 15 is 0 Å². The normalized spacial score (nSPS) is 15.1. The lowest BCUT2D eigenvalue weighted by atomic mass is 9.95. The maximum atomic E-state index is 13.3. The van der Waals surface area contributed by atoms with Crippen LogP contribution in [0.15, 0.2) is 36.4 Å². The van der Waals surface area contributed by atoms with Crippen molar-refractivity contribution in [1.29, 1.82) is 0 Å². The predicted octanol–water partition coefficient (Wildman–Crippen LogP) is 7.40. The van der Waals surface area contributed by atoms with Gasteiger partial charge in [0.25, 0.3) is 0 Å². The topological polar surface area (TPSA) is 49.4 Å². The van der Waals surface area contributed by atoms with Gasteiger partial charge in [0.2, 0.25) is 11.8 Å². The van der Waals surface area contributed by atoms with E-state index in [1.165, 1.54) is 18.2 Å². The molecule has 184 valence electrons. The van der Waals surface area contributed by atoms with Crippen molar-refractivity contribution in [2.75, 3.05) is 5.75 Å². The molecule has 3 rings (SSSR count). The largest absolute Gasteiger partial charge is 0.352 e. The number of hydrogen-bond donors (Lipinski definition) is 1. The summed E-state index contributed by atoms with van der Waals surface area (Å²) < 4.78 is 0. The second-order valence-corrected chi connectivity index (χ2v) is 11.2. The van der Waals surface area contributed by atoms with Crippen LogP contribution < -0.4 is 5.32 Å². The number of nitrogens with one attached hydrogen (secondary N) is 1. The van der Waals surface area contributed by atoms with Crippen molar-refractivity contribution in [2.24, 2.45) is 0 Å². The number of thioether (sulfide) groups is 1. The predicted molar refractivity (Wildman–Crippen MR) is 144 cm³/mol. The summed E-state index contributed by atoms with van der Waals surface area (Å²) in [6.07, 6.45) is 5.41. The van der Waals surface area contributed by atoms with Crippen molar-refractivity contribution in [3.63, 3.8) is 0 Å². The van der Waals surface area contributed by atoms with E-state index in [1.807, 2.05) is 12.1 Å². The Morgan fingerprint density at radius 1 is 1.00 bits per heavy atom. The first kappa shape index (κ1) is 27.5. The number of halogens is 4. The zero-order chi connectivity index (χ0) is 24.7. The van der Waals surface area contributed by atoms with Gasteiger partial charge in [0.1, 0.15) is 6.04 Å². The fraction of sp³-hybridized carbons (Fsp3) is 0.440. The van der Waals surface area contributed by atoms with Crippen LogP contribution in [0.3, 0.4) is 0 Å². The second-order valence-electron chi connectivity index (χ2n) is 8.52. The lowest BCUT2D eigenvalue weighted by Crippen LogP contribution is -2.50. The average molecular weight is 562 g/mol. The van der Waals surface area contributed by atoms with Gasteiger partial charge in [-0.25, -0.2) is 0 Å². The highest BCUT2D eigenvalue weighted by atomic mass is 35.5. The smallest absolute Gasteiger partial charge is 0.242 e. The minimum Gasteiger partial charge on any atom is -0.352 e. The van der Waals surface area contributed by atoms with Gasteiger partial charge < -0.3 is 10.2 Å². The zero-order valence-electron chi connectivity index (χ0n) is 19.0. The molecule has 0 unspecified atom stereocenters. The fourth-order valence-corrected chi connectivity index (χ4v) is 5.75. The second kappa shape index (κ2) is 13.3. The van der Waals surface area contributed by atoms with E-state index in [2.05, 4.69) is 5.32 Å². The minimum atomic E-state index is -0.622. The lowest BCUT2D eigenvalue weighted by molar-refractivity contribution is -0.139. The number of amides is 2. The fourth-order valence-electron chi connectivity index (χ4n) is 3.96. The average Bonchev–Trinajstić information content (AvgIpc) is 2.81. The molecule has 1 N–H and O–H groups in total. The summed E-state index contributed by atoms with van der Waals surface area (Å²) in [5, 5.41) is 5.14. The Bertz CT molecular complexity index is 1010. The molecule has 1 atom stereocenters. The summed E-state index contributed by atoms with van der Waals surface area (Å²) in [6, 6.07) is 10.1. The van der Waals surface area contributed by atoms with Crippen LogP contribution in [0.5, 0.6) is 0 Å². The first-order valence-corrected chi connectivity index (χ1v) is 14.0. The maximum absolute atomic E-state index is 13.3. The van der Waals surface area contributed by atoms with E-state index in [0.717, 1.165) is 36.8 Å². The van der Waals surface area contributed by atoms with Crippen LogP contribution in [0.2, 0.25) is 20.1 Å². The van der Waals surface area contributed by atoms with Crippen molar-refractivity contribution >= 4 is 70.0 Å². The monoisotopic (exact) mass is 560 g/mol. The zero-order valence-corrected chi connectivity index (χ0v) is 22.8. The first-order valence-electron chi connectivity index (χ1n) is 11.3. The minimum absolute atomic E-state index is 0.132. The molecule has 1 aliphatic carbocycles. The van der Waals surface area contributed by atoms with Crippen LogP contribution >= 0.6 is 58.2 Å². The van der Waals surface area contributed by atoms with Crippen LogP contribution in [-0.2, 0) is 21.9 Å². The molecule has 0 aliphatic heterocycles. The van der Waals surface area contributed by atoms with Crippen LogP contribution in [0, 0.1) is 0 Å². The number of benzene rings is 2. The van der Waals surface area contributed by atoms with Crippen LogP contribution in [0.4, 0.5) is 0 Å². The Balaban J connectivity index is 1.69. The molecule has 0 aromatic heterocycles. The molecule has 9 heteroatoms. The Labute approximate surface area is 225 Å². The highest BCUT2D eigenvalue weighted by molar-refractivity contribution is 7.99. The van der Waals surface area contributed by atoms with E-state index in [-0.39, 0.29) is 30.2 Å². The highest BCUT2D eigenvalue weighted by Gasteiger charge is 2.28. The molecule has 0 bridgehead atoms. The van der Waals surface area contributed by atoms with Crippen LogP contribution in [0.1, 0.15) is 50.2 Å². The third-order valence-corrected chi connectivity index (χ3v) is 8.25. The maximum Gasteiger partial charge on any atom is 0.242 e. The quantitative estimate of drug-likeness (QED) is 0.347. The molecular formula is C25H28Cl4N2O2S. The molecule has 0 radical (unpaired) electrons. The van der Waals surface area contributed by atoms with Crippen LogP contribution in [0.25, 0.3) is 0 Å². The summed E-state index contributed by atoms with van der Waals surface area (Å²) in [7, 11) is 0. The van der Waals surface area contributed by atoms with Crippen molar-refractivity contribution in [3.8, 4) is 0 Å². The molecule has 4 nitrogen and oxygen atoms in total. The third kappa shape index (κ3) is 7.96. The van der Waals surface area contributed by atoms with Crippen LogP contribution in [-0.4, -0.2) is 34.6 Å². The molecule has 1 fully saturated rings. The Hall–Kier alpha value is -1.11. The number of rotatable bonds is 9. The summed E-state index contributed by atoms with van der Waals surface area (Å²) in [6.45, 7) is 2.03. The van der Waals surface area contributed by atoms with Crippen molar-refractivity contribution in [3.05, 3.63) is 67.6 Å². The van der Waals surface area contributed by atoms with E-state index in [1.54, 1.807) is 36.1 Å². The molecule has 0 heterocycles. The molecule has 1 aliphatic rings. The van der Waals surface area contributed by atoms with Crippen molar-refractivity contribution in [2.45, 2.75) is 63.4 Å². The summed E-state index contributed by atoms with van der Waals surface area (Å²) >= 11 is 25.9. The van der Waals surface area contributed by atoms with Gasteiger partial charge in [-0.15, -0.1) is 11.8 Å². The van der Waals surface area contributed by atoms with E-state index in [0.29, 0.717) is 25.8 Å². The third-order valence-electron chi connectivity index (χ3n) is 5.95. The number of hydrogen-bond acceptors (Lipinski definition) is 3. The first-order chi connectivity index (χ1) is 16.2. The van der Waals surface area contributed by atoms with Gasteiger partial charge in [0.15, 0.2) is 0 Å². The molecular weight excluding hydrogens is 534 g/mol. The summed E-state index contributed by atoms with van der Waals surface area (Å²) in [4.78, 5) is 27.9. The van der Waals surface area contributed by atoms with Gasteiger partial charge >= 0.3 is 0 Å². The molecule has 0 saturated heterocycles. The number of carbonyl (C=O) groups excluding carboxylic acids is 2. The lowest BCUT2D eigenvalue weighted by Gasteiger charge is -2.31. The molecule has 34 heavy (non-hydrogen) atoms. The molecule has 2 aromatic rings. The van der Waals surface area contributed by atoms with Crippen molar-refractivity contribution < 1.29 is 9.59 Å². The van der Waals surface area contributed by atoms with Gasteiger partial charge in [-0.05, 0) is 55.2 Å². The van der Waals surface area contributed by atoms with Crippen molar-refractivity contribution in [1.82, 2.24) is 10.2 Å².